The summed E-state index contributed by atoms with van der Waals surface area (Å²) in [4.78, 5) is 30.9. The van der Waals surface area contributed by atoms with E-state index < -0.39 is 0 Å². The molecular weight excluding hydrogens is 434 g/mol. The molecule has 33 heavy (non-hydrogen) atoms. The summed E-state index contributed by atoms with van der Waals surface area (Å²) in [5.74, 6) is 0.185. The van der Waals surface area contributed by atoms with E-state index in [9.17, 15) is 9.59 Å². The molecule has 0 spiro atoms. The predicted molar refractivity (Wildman–Crippen MR) is 131 cm³/mol. The maximum absolute atomic E-state index is 13.0. The average Bonchev–Trinajstić information content (AvgIpc) is 3.37. The number of pyridine rings is 1. The molecule has 0 aliphatic heterocycles. The molecule has 0 unspecified atom stereocenters. The van der Waals surface area contributed by atoms with Crippen LogP contribution in [0.1, 0.15) is 59.1 Å². The first-order chi connectivity index (χ1) is 15.8. The molecule has 2 aromatic heterocycles. The number of fused-ring (bicyclic) bond motifs is 1. The van der Waals surface area contributed by atoms with Crippen LogP contribution in [0.15, 0.2) is 48.8 Å². The van der Waals surface area contributed by atoms with Crippen LogP contribution >= 0.6 is 11.3 Å². The van der Waals surface area contributed by atoms with Gasteiger partial charge in [-0.25, -0.2) is 0 Å². The molecule has 1 aliphatic carbocycles. The monoisotopic (exact) mass is 463 g/mol. The van der Waals surface area contributed by atoms with Crippen LogP contribution in [-0.4, -0.2) is 23.4 Å². The lowest BCUT2D eigenvalue weighted by molar-refractivity contribution is -0.118. The summed E-state index contributed by atoms with van der Waals surface area (Å²) in [7, 11) is 0. The van der Waals surface area contributed by atoms with E-state index in [2.05, 4.69) is 36.4 Å². The van der Waals surface area contributed by atoms with Gasteiger partial charge in [-0.3, -0.25) is 14.6 Å². The van der Waals surface area contributed by atoms with Gasteiger partial charge in [0.2, 0.25) is 0 Å². The maximum atomic E-state index is 13.0. The van der Waals surface area contributed by atoms with E-state index in [0.717, 1.165) is 30.4 Å². The Hall–Kier alpha value is -3.19. The van der Waals surface area contributed by atoms with Crippen molar-refractivity contribution in [3.8, 4) is 5.75 Å². The summed E-state index contributed by atoms with van der Waals surface area (Å²) in [5, 5.41) is 6.47. The minimum Gasteiger partial charge on any atom is -0.484 e. The number of benzene rings is 1. The normalized spacial score (nSPS) is 12.8. The molecule has 4 rings (SSSR count). The lowest BCUT2D eigenvalue weighted by Gasteiger charge is -2.19. The van der Waals surface area contributed by atoms with Crippen LogP contribution in [0.3, 0.4) is 0 Å². The zero-order chi connectivity index (χ0) is 23.4. The molecule has 1 aromatic carbocycles. The Morgan fingerprint density at radius 3 is 2.61 bits per heavy atom. The Labute approximate surface area is 198 Å². The number of anilines is 1. The standard InChI is InChI=1S/C26H29N3O3S/c1-26(2,3)18-9-11-19(12-10-18)32-16-22(30)29-25-23(20-7-4-8-21(20)33-25)24(31)28-15-17-6-5-13-27-14-17/h5-6,9-14H,4,7-8,15-16H2,1-3H3,(H,28,31)(H,29,30). The van der Waals surface area contributed by atoms with Crippen LogP contribution in [0.5, 0.6) is 5.75 Å². The molecule has 0 saturated carbocycles. The number of carbonyl (C=O) groups is 2. The summed E-state index contributed by atoms with van der Waals surface area (Å²) in [5.41, 5.74) is 3.82. The quantitative estimate of drug-likeness (QED) is 0.524. The van der Waals surface area contributed by atoms with Crippen molar-refractivity contribution >= 4 is 28.2 Å². The zero-order valence-electron chi connectivity index (χ0n) is 19.2. The fraction of sp³-hybridized carbons (Fsp3) is 0.346. The molecule has 0 saturated heterocycles. The number of aryl methyl sites for hydroxylation is 1. The molecule has 0 atom stereocenters. The van der Waals surface area contributed by atoms with Crippen LogP contribution in [0, 0.1) is 0 Å². The number of ether oxygens (including phenoxy) is 1. The first kappa shape index (κ1) is 23.0. The Bertz CT molecular complexity index is 1130. The third-order valence-corrected chi connectivity index (χ3v) is 6.87. The number of nitrogens with zero attached hydrogens (tertiary/aromatic N) is 1. The second kappa shape index (κ2) is 9.75. The van der Waals surface area contributed by atoms with Crippen LogP contribution in [0.4, 0.5) is 5.00 Å². The Kier molecular flexibility index (Phi) is 6.79. The third kappa shape index (κ3) is 5.60. The minimum atomic E-state index is -0.281. The number of hydrogen-bond donors (Lipinski definition) is 2. The highest BCUT2D eigenvalue weighted by atomic mass is 32.1. The first-order valence-corrected chi connectivity index (χ1v) is 12.0. The van der Waals surface area contributed by atoms with Crippen molar-refractivity contribution in [1.82, 2.24) is 10.3 Å². The number of carbonyl (C=O) groups excluding carboxylic acids is 2. The highest BCUT2D eigenvalue weighted by Crippen LogP contribution is 2.39. The van der Waals surface area contributed by atoms with Gasteiger partial charge in [0.1, 0.15) is 10.8 Å². The Morgan fingerprint density at radius 1 is 1.12 bits per heavy atom. The molecule has 0 radical (unpaired) electrons. The van der Waals surface area contributed by atoms with Gasteiger partial charge in [0, 0.05) is 23.8 Å². The minimum absolute atomic E-state index is 0.0590. The van der Waals surface area contributed by atoms with E-state index in [1.807, 2.05) is 36.4 Å². The smallest absolute Gasteiger partial charge is 0.262 e. The van der Waals surface area contributed by atoms with Gasteiger partial charge in [-0.2, -0.15) is 0 Å². The van der Waals surface area contributed by atoms with Gasteiger partial charge in [0.25, 0.3) is 11.8 Å². The molecule has 172 valence electrons. The van der Waals surface area contributed by atoms with Gasteiger partial charge in [-0.1, -0.05) is 39.0 Å². The van der Waals surface area contributed by atoms with E-state index in [4.69, 9.17) is 4.74 Å². The Balaban J connectivity index is 1.40. The lowest BCUT2D eigenvalue weighted by Crippen LogP contribution is -2.26. The number of rotatable bonds is 7. The maximum Gasteiger partial charge on any atom is 0.262 e. The summed E-state index contributed by atoms with van der Waals surface area (Å²) >= 11 is 1.49. The van der Waals surface area contributed by atoms with E-state index in [0.29, 0.717) is 22.9 Å². The molecule has 3 aromatic rings. The number of amides is 2. The highest BCUT2D eigenvalue weighted by Gasteiger charge is 2.27. The molecular formula is C26H29N3O3S. The topological polar surface area (TPSA) is 80.3 Å². The first-order valence-electron chi connectivity index (χ1n) is 11.2. The zero-order valence-corrected chi connectivity index (χ0v) is 20.1. The average molecular weight is 464 g/mol. The largest absolute Gasteiger partial charge is 0.484 e. The van der Waals surface area contributed by atoms with Crippen LogP contribution < -0.4 is 15.4 Å². The molecule has 1 aliphatic rings. The van der Waals surface area contributed by atoms with Gasteiger partial charge in [-0.15, -0.1) is 11.3 Å². The summed E-state index contributed by atoms with van der Waals surface area (Å²) in [6.45, 7) is 6.73. The lowest BCUT2D eigenvalue weighted by atomic mass is 9.87. The fourth-order valence-corrected chi connectivity index (χ4v) is 5.17. The number of nitrogens with one attached hydrogen (secondary N) is 2. The highest BCUT2D eigenvalue weighted by molar-refractivity contribution is 7.17. The van der Waals surface area contributed by atoms with Crippen molar-refractivity contribution in [2.24, 2.45) is 0 Å². The predicted octanol–water partition coefficient (Wildman–Crippen LogP) is 4.88. The Morgan fingerprint density at radius 2 is 1.91 bits per heavy atom. The van der Waals surface area contributed by atoms with Crippen molar-refractivity contribution in [3.63, 3.8) is 0 Å². The summed E-state index contributed by atoms with van der Waals surface area (Å²) in [6, 6.07) is 11.5. The summed E-state index contributed by atoms with van der Waals surface area (Å²) < 4.78 is 5.68. The molecule has 2 amide bonds. The van der Waals surface area contributed by atoms with E-state index in [-0.39, 0.29) is 23.8 Å². The van der Waals surface area contributed by atoms with Crippen molar-refractivity contribution in [2.75, 3.05) is 11.9 Å². The molecule has 2 N–H and O–H groups in total. The van der Waals surface area contributed by atoms with Crippen molar-refractivity contribution in [1.29, 1.82) is 0 Å². The van der Waals surface area contributed by atoms with E-state index in [1.165, 1.54) is 21.8 Å². The second-order valence-electron chi connectivity index (χ2n) is 9.22. The SMILES string of the molecule is CC(C)(C)c1ccc(OCC(=O)Nc2sc3c(c2C(=O)NCc2cccnc2)CCC3)cc1. The number of thiophene rings is 1. The number of hydrogen-bond acceptors (Lipinski definition) is 5. The second-order valence-corrected chi connectivity index (χ2v) is 10.3. The summed E-state index contributed by atoms with van der Waals surface area (Å²) in [6.07, 6.45) is 6.26. The van der Waals surface area contributed by atoms with Gasteiger partial charge in [-0.05, 0) is 59.6 Å². The van der Waals surface area contributed by atoms with Gasteiger partial charge in [0.15, 0.2) is 6.61 Å². The van der Waals surface area contributed by atoms with Crippen LogP contribution in [-0.2, 0) is 29.6 Å². The molecule has 0 fully saturated rings. The van der Waals surface area contributed by atoms with Gasteiger partial charge >= 0.3 is 0 Å². The van der Waals surface area contributed by atoms with Crippen LogP contribution in [0.25, 0.3) is 0 Å². The molecule has 0 bridgehead atoms. The fourth-order valence-electron chi connectivity index (χ4n) is 3.87. The van der Waals surface area contributed by atoms with Crippen molar-refractivity contribution in [2.45, 2.75) is 52.0 Å². The van der Waals surface area contributed by atoms with E-state index in [1.54, 1.807) is 12.4 Å². The van der Waals surface area contributed by atoms with Gasteiger partial charge < -0.3 is 15.4 Å². The molecule has 7 heteroatoms. The van der Waals surface area contributed by atoms with Crippen LogP contribution in [0.2, 0.25) is 0 Å². The van der Waals surface area contributed by atoms with Gasteiger partial charge in [0.05, 0.1) is 5.56 Å². The van der Waals surface area contributed by atoms with Crippen molar-refractivity contribution < 1.29 is 14.3 Å². The third-order valence-electron chi connectivity index (χ3n) is 5.67. The molecule has 2 heterocycles. The van der Waals surface area contributed by atoms with E-state index >= 15 is 0 Å². The van der Waals surface area contributed by atoms with Crippen molar-refractivity contribution in [3.05, 3.63) is 75.9 Å². The number of aromatic nitrogens is 1. The molecule has 6 nitrogen and oxygen atoms in total.